The summed E-state index contributed by atoms with van der Waals surface area (Å²) in [5.74, 6) is 0.671. The minimum atomic E-state index is -0.728. The molecule has 0 saturated carbocycles. The van der Waals surface area contributed by atoms with E-state index < -0.39 is 5.91 Å². The summed E-state index contributed by atoms with van der Waals surface area (Å²) in [6, 6.07) is 7.85. The van der Waals surface area contributed by atoms with Gasteiger partial charge >= 0.3 is 11.8 Å². The molecule has 3 aromatic rings. The van der Waals surface area contributed by atoms with Crippen molar-refractivity contribution in [3.8, 4) is 0 Å². The van der Waals surface area contributed by atoms with Gasteiger partial charge in [-0.1, -0.05) is 31.1 Å². The highest BCUT2D eigenvalue weighted by molar-refractivity contribution is 5.87. The van der Waals surface area contributed by atoms with E-state index in [4.69, 9.17) is 10.3 Å². The van der Waals surface area contributed by atoms with Gasteiger partial charge in [0.25, 0.3) is 0 Å². The number of aromatic nitrogens is 4. The normalized spacial score (nSPS) is 11.4. The molecule has 7 heteroatoms. The van der Waals surface area contributed by atoms with Crippen LogP contribution in [-0.2, 0) is 6.54 Å². The maximum absolute atomic E-state index is 11.0. The topological polar surface area (TPSA) is 99.8 Å². The summed E-state index contributed by atoms with van der Waals surface area (Å²) in [4.78, 5) is 19.6. The Morgan fingerprint density at radius 3 is 2.76 bits per heavy atom. The maximum Gasteiger partial charge on any atom is 0.315 e. The van der Waals surface area contributed by atoms with Crippen LogP contribution >= 0.6 is 0 Å². The van der Waals surface area contributed by atoms with Crippen LogP contribution in [0.1, 0.15) is 42.1 Å². The average Bonchev–Trinajstić information content (AvgIpc) is 3.05. The Morgan fingerprint density at radius 2 is 2.10 bits per heavy atom. The van der Waals surface area contributed by atoms with Gasteiger partial charge in [-0.15, -0.1) is 0 Å². The van der Waals surface area contributed by atoms with Gasteiger partial charge < -0.3 is 14.8 Å². The van der Waals surface area contributed by atoms with Crippen molar-refractivity contribution in [2.75, 3.05) is 0 Å². The lowest BCUT2D eigenvalue weighted by Crippen LogP contribution is -2.12. The second-order valence-corrected chi connectivity index (χ2v) is 5.08. The molecule has 7 nitrogen and oxygen atoms in total. The van der Waals surface area contributed by atoms with Crippen molar-refractivity contribution >= 4 is 16.9 Å². The van der Waals surface area contributed by atoms with E-state index in [0.29, 0.717) is 12.4 Å². The molecular weight excluding hydrogens is 270 g/mol. The van der Waals surface area contributed by atoms with Gasteiger partial charge in [-0.3, -0.25) is 4.79 Å². The molecule has 0 atom stereocenters. The molecule has 1 amide bonds. The van der Waals surface area contributed by atoms with Gasteiger partial charge in [-0.25, -0.2) is 4.98 Å². The Bertz CT molecular complexity index is 803. The average molecular weight is 285 g/mol. The van der Waals surface area contributed by atoms with Gasteiger partial charge in [0.2, 0.25) is 0 Å². The molecule has 0 unspecified atom stereocenters. The third-order valence-corrected chi connectivity index (χ3v) is 3.18. The van der Waals surface area contributed by atoms with Crippen molar-refractivity contribution in [2.45, 2.75) is 26.3 Å². The van der Waals surface area contributed by atoms with E-state index in [2.05, 4.69) is 29.0 Å². The van der Waals surface area contributed by atoms with Crippen molar-refractivity contribution < 1.29 is 9.32 Å². The van der Waals surface area contributed by atoms with Gasteiger partial charge in [0.1, 0.15) is 5.82 Å². The van der Waals surface area contributed by atoms with E-state index in [1.54, 1.807) is 0 Å². The molecular formula is C14H15N5O2. The summed E-state index contributed by atoms with van der Waals surface area (Å²) < 4.78 is 6.84. The molecule has 0 aliphatic rings. The minimum Gasteiger partial charge on any atom is -0.361 e. The number of nitrogens with two attached hydrogens (primary N) is 1. The lowest BCUT2D eigenvalue weighted by atomic mass is 10.2. The van der Waals surface area contributed by atoms with Crippen LogP contribution in [0.25, 0.3) is 11.0 Å². The predicted molar refractivity (Wildman–Crippen MR) is 75.7 cm³/mol. The quantitative estimate of drug-likeness (QED) is 0.786. The lowest BCUT2D eigenvalue weighted by molar-refractivity contribution is 0.0958. The molecule has 0 aliphatic carbocycles. The highest BCUT2D eigenvalue weighted by Crippen LogP contribution is 2.22. The van der Waals surface area contributed by atoms with E-state index in [9.17, 15) is 4.79 Å². The maximum atomic E-state index is 11.0. The first-order chi connectivity index (χ1) is 10.1. The van der Waals surface area contributed by atoms with E-state index in [0.717, 1.165) is 16.9 Å². The predicted octanol–water partition coefficient (Wildman–Crippen LogP) is 1.69. The van der Waals surface area contributed by atoms with Gasteiger partial charge in [0.05, 0.1) is 17.6 Å². The number of carbonyl (C=O) groups excluding carboxylic acids is 1. The first-order valence-electron chi connectivity index (χ1n) is 6.64. The molecule has 0 bridgehead atoms. The van der Waals surface area contributed by atoms with Gasteiger partial charge in [0, 0.05) is 5.92 Å². The summed E-state index contributed by atoms with van der Waals surface area (Å²) >= 11 is 0. The van der Waals surface area contributed by atoms with E-state index >= 15 is 0 Å². The first kappa shape index (κ1) is 13.3. The molecule has 1 aromatic carbocycles. The van der Waals surface area contributed by atoms with E-state index in [1.807, 2.05) is 28.8 Å². The molecule has 2 N–H and O–H groups in total. The van der Waals surface area contributed by atoms with Crippen molar-refractivity contribution in [3.63, 3.8) is 0 Å². The number of amides is 1. The SMILES string of the molecule is CC(C)c1nc2ccccc2n1Cc1noc(C(N)=O)n1. The highest BCUT2D eigenvalue weighted by Gasteiger charge is 2.17. The third-order valence-electron chi connectivity index (χ3n) is 3.18. The first-order valence-corrected chi connectivity index (χ1v) is 6.64. The smallest absolute Gasteiger partial charge is 0.315 e. The lowest BCUT2D eigenvalue weighted by Gasteiger charge is -2.08. The van der Waals surface area contributed by atoms with Crippen molar-refractivity contribution in [3.05, 3.63) is 41.8 Å². The van der Waals surface area contributed by atoms with Gasteiger partial charge in [-0.05, 0) is 12.1 Å². The summed E-state index contributed by atoms with van der Waals surface area (Å²) in [6.45, 7) is 4.52. The number of rotatable bonds is 4. The van der Waals surface area contributed by atoms with Crippen LogP contribution in [0.2, 0.25) is 0 Å². The highest BCUT2D eigenvalue weighted by atomic mass is 16.5. The Labute approximate surface area is 120 Å². The summed E-state index contributed by atoms with van der Waals surface area (Å²) in [5, 5.41) is 3.78. The van der Waals surface area contributed by atoms with Crippen molar-refractivity contribution in [1.29, 1.82) is 0 Å². The number of benzene rings is 1. The number of carbonyl (C=O) groups is 1. The third kappa shape index (κ3) is 2.37. The van der Waals surface area contributed by atoms with E-state index in [1.165, 1.54) is 0 Å². The fraction of sp³-hybridized carbons (Fsp3) is 0.286. The number of nitrogens with zero attached hydrogens (tertiary/aromatic N) is 4. The Hall–Kier alpha value is -2.70. The molecule has 108 valence electrons. The number of fused-ring (bicyclic) bond motifs is 1. The van der Waals surface area contributed by atoms with Crippen LogP contribution in [0.3, 0.4) is 0 Å². The molecule has 3 rings (SSSR count). The minimum absolute atomic E-state index is 0.180. The van der Waals surface area contributed by atoms with Crippen LogP contribution in [0.5, 0.6) is 0 Å². The molecule has 0 spiro atoms. The van der Waals surface area contributed by atoms with E-state index in [-0.39, 0.29) is 11.8 Å². The zero-order valence-corrected chi connectivity index (χ0v) is 11.8. The second kappa shape index (κ2) is 5.01. The Morgan fingerprint density at radius 1 is 1.33 bits per heavy atom. The van der Waals surface area contributed by atoms with Crippen LogP contribution < -0.4 is 5.73 Å². The summed E-state index contributed by atoms with van der Waals surface area (Å²) in [7, 11) is 0. The Balaban J connectivity index is 2.05. The Kier molecular flexibility index (Phi) is 3.17. The number of para-hydroxylation sites is 2. The molecule has 0 aliphatic heterocycles. The van der Waals surface area contributed by atoms with Crippen LogP contribution in [0.4, 0.5) is 0 Å². The fourth-order valence-corrected chi connectivity index (χ4v) is 2.26. The number of imidazole rings is 1. The molecule has 0 fully saturated rings. The molecule has 0 radical (unpaired) electrons. The van der Waals surface area contributed by atoms with Crippen molar-refractivity contribution in [1.82, 2.24) is 19.7 Å². The number of hydrogen-bond acceptors (Lipinski definition) is 5. The summed E-state index contributed by atoms with van der Waals surface area (Å²) in [5.41, 5.74) is 7.02. The van der Waals surface area contributed by atoms with Gasteiger partial charge in [-0.2, -0.15) is 4.98 Å². The monoisotopic (exact) mass is 285 g/mol. The second-order valence-electron chi connectivity index (χ2n) is 5.08. The fourth-order valence-electron chi connectivity index (χ4n) is 2.26. The zero-order chi connectivity index (χ0) is 15.0. The molecule has 0 saturated heterocycles. The summed E-state index contributed by atoms with van der Waals surface area (Å²) in [6.07, 6.45) is 0. The number of hydrogen-bond donors (Lipinski definition) is 1. The molecule has 21 heavy (non-hydrogen) atoms. The number of primary amides is 1. The van der Waals surface area contributed by atoms with Crippen LogP contribution in [0.15, 0.2) is 28.8 Å². The van der Waals surface area contributed by atoms with Gasteiger partial charge in [0.15, 0.2) is 5.82 Å². The van der Waals surface area contributed by atoms with Crippen LogP contribution in [0, 0.1) is 0 Å². The standard InChI is InChI=1S/C14H15N5O2/c1-8(2)13-16-9-5-3-4-6-10(9)19(13)7-11-17-14(12(15)20)21-18-11/h3-6,8H,7H2,1-2H3,(H2,15,20). The largest absolute Gasteiger partial charge is 0.361 e. The van der Waals surface area contributed by atoms with Crippen molar-refractivity contribution in [2.24, 2.45) is 5.73 Å². The molecule has 2 aromatic heterocycles. The zero-order valence-electron chi connectivity index (χ0n) is 11.8. The van der Waals surface area contributed by atoms with Crippen LogP contribution in [-0.4, -0.2) is 25.6 Å². The molecule has 2 heterocycles.